The molecule has 0 unspecified atom stereocenters. The molecule has 1 aromatic carbocycles. The fourth-order valence-corrected chi connectivity index (χ4v) is 1.43. The van der Waals surface area contributed by atoms with Gasteiger partial charge >= 0.3 is 0 Å². The van der Waals surface area contributed by atoms with E-state index in [1.165, 1.54) is 18.3 Å². The van der Waals surface area contributed by atoms with Gasteiger partial charge in [0.2, 0.25) is 0 Å². The van der Waals surface area contributed by atoms with E-state index in [0.29, 0.717) is 16.5 Å². The number of halogens is 2. The van der Waals surface area contributed by atoms with Crippen molar-refractivity contribution in [3.05, 3.63) is 41.7 Å². The molecular weight excluding hydrogens is 186 g/mol. The molecule has 0 fully saturated rings. The molecule has 0 saturated carbocycles. The molecule has 0 spiro atoms. The van der Waals surface area contributed by atoms with Crippen LogP contribution < -0.4 is 5.73 Å². The number of nitrogens with two attached hydrogens (primary N) is 1. The summed E-state index contributed by atoms with van der Waals surface area (Å²) in [6.45, 7) is 0.167. The topological polar surface area (TPSA) is 38.9 Å². The monoisotopic (exact) mass is 194 g/mol. The number of hydrogen-bond acceptors (Lipinski definition) is 2. The van der Waals surface area contributed by atoms with Gasteiger partial charge in [-0.2, -0.15) is 0 Å². The van der Waals surface area contributed by atoms with Crippen molar-refractivity contribution in [2.24, 2.45) is 5.73 Å². The highest BCUT2D eigenvalue weighted by molar-refractivity contribution is 5.84. The predicted molar refractivity (Wildman–Crippen MR) is 49.6 cm³/mol. The summed E-state index contributed by atoms with van der Waals surface area (Å²) in [4.78, 5) is 3.95. The highest BCUT2D eigenvalue weighted by atomic mass is 19.1. The smallest absolute Gasteiger partial charge is 0.134 e. The summed E-state index contributed by atoms with van der Waals surface area (Å²) >= 11 is 0. The Labute approximate surface area is 79.4 Å². The first-order valence-corrected chi connectivity index (χ1v) is 4.15. The SMILES string of the molecule is NCc1nccc2c(F)cc(F)cc12. The molecule has 2 N–H and O–H groups in total. The van der Waals surface area contributed by atoms with Crippen molar-refractivity contribution in [3.8, 4) is 0 Å². The van der Waals surface area contributed by atoms with E-state index in [-0.39, 0.29) is 6.54 Å². The molecule has 0 amide bonds. The van der Waals surface area contributed by atoms with Crippen LogP contribution in [-0.4, -0.2) is 4.98 Å². The Hall–Kier alpha value is -1.55. The van der Waals surface area contributed by atoms with Gasteiger partial charge in [0, 0.05) is 29.6 Å². The summed E-state index contributed by atoms with van der Waals surface area (Å²) in [5.74, 6) is -1.20. The van der Waals surface area contributed by atoms with Gasteiger partial charge in [0.15, 0.2) is 0 Å². The van der Waals surface area contributed by atoms with Gasteiger partial charge in [-0.15, -0.1) is 0 Å². The highest BCUT2D eigenvalue weighted by Gasteiger charge is 2.07. The standard InChI is InChI=1S/C10H8F2N2/c11-6-3-8-7(9(12)4-6)1-2-14-10(8)5-13/h1-4H,5,13H2. The van der Waals surface area contributed by atoms with Crippen LogP contribution >= 0.6 is 0 Å². The number of nitrogens with zero attached hydrogens (tertiary/aromatic N) is 1. The van der Waals surface area contributed by atoms with E-state index >= 15 is 0 Å². The van der Waals surface area contributed by atoms with Crippen molar-refractivity contribution < 1.29 is 8.78 Å². The van der Waals surface area contributed by atoms with Crippen molar-refractivity contribution in [3.63, 3.8) is 0 Å². The second-order valence-electron chi connectivity index (χ2n) is 2.94. The normalized spacial score (nSPS) is 10.8. The van der Waals surface area contributed by atoms with Crippen LogP contribution in [0.25, 0.3) is 10.8 Å². The zero-order chi connectivity index (χ0) is 10.1. The minimum absolute atomic E-state index is 0.167. The highest BCUT2D eigenvalue weighted by Crippen LogP contribution is 2.21. The summed E-state index contributed by atoms with van der Waals surface area (Å²) in [6.07, 6.45) is 1.46. The molecule has 72 valence electrons. The molecule has 1 aromatic heterocycles. The molecule has 0 saturated heterocycles. The van der Waals surface area contributed by atoms with Crippen LogP contribution in [0.3, 0.4) is 0 Å². The number of pyridine rings is 1. The molecule has 0 atom stereocenters. The van der Waals surface area contributed by atoms with Crippen LogP contribution in [0.15, 0.2) is 24.4 Å². The third-order valence-electron chi connectivity index (χ3n) is 2.07. The molecule has 0 radical (unpaired) electrons. The van der Waals surface area contributed by atoms with Crippen molar-refractivity contribution in [1.29, 1.82) is 0 Å². The van der Waals surface area contributed by atoms with E-state index in [1.807, 2.05) is 0 Å². The third-order valence-corrected chi connectivity index (χ3v) is 2.07. The maximum atomic E-state index is 13.3. The fraction of sp³-hybridized carbons (Fsp3) is 0.100. The maximum Gasteiger partial charge on any atom is 0.134 e. The van der Waals surface area contributed by atoms with Crippen LogP contribution in [0.1, 0.15) is 5.69 Å². The van der Waals surface area contributed by atoms with Gasteiger partial charge in [0.25, 0.3) is 0 Å². The van der Waals surface area contributed by atoms with Crippen LogP contribution in [-0.2, 0) is 6.54 Å². The summed E-state index contributed by atoms with van der Waals surface area (Å²) in [6, 6.07) is 3.60. The van der Waals surface area contributed by atoms with Gasteiger partial charge in [-0.05, 0) is 12.1 Å². The van der Waals surface area contributed by atoms with Crippen LogP contribution in [0, 0.1) is 11.6 Å². The number of aromatic nitrogens is 1. The summed E-state index contributed by atoms with van der Waals surface area (Å²) in [5.41, 5.74) is 5.91. The van der Waals surface area contributed by atoms with Gasteiger partial charge in [-0.1, -0.05) is 0 Å². The molecule has 0 aliphatic heterocycles. The predicted octanol–water partition coefficient (Wildman–Crippen LogP) is 1.97. The summed E-state index contributed by atoms with van der Waals surface area (Å²) in [7, 11) is 0. The molecule has 2 aromatic rings. The lowest BCUT2D eigenvalue weighted by molar-refractivity contribution is 0.591. The second kappa shape index (κ2) is 3.31. The van der Waals surface area contributed by atoms with E-state index < -0.39 is 11.6 Å². The number of fused-ring (bicyclic) bond motifs is 1. The first kappa shape index (κ1) is 9.02. The minimum atomic E-state index is -0.613. The lowest BCUT2D eigenvalue weighted by Gasteiger charge is -2.03. The summed E-state index contributed by atoms with van der Waals surface area (Å²) in [5, 5.41) is 0.786. The molecule has 0 bridgehead atoms. The van der Waals surface area contributed by atoms with Crippen molar-refractivity contribution in [2.45, 2.75) is 6.54 Å². The Kier molecular flexibility index (Phi) is 2.13. The van der Waals surface area contributed by atoms with Crippen LogP contribution in [0.2, 0.25) is 0 Å². The van der Waals surface area contributed by atoms with E-state index in [2.05, 4.69) is 4.98 Å². The minimum Gasteiger partial charge on any atom is -0.325 e. The largest absolute Gasteiger partial charge is 0.325 e. The molecule has 4 heteroatoms. The zero-order valence-electron chi connectivity index (χ0n) is 7.30. The molecule has 0 aliphatic rings. The van der Waals surface area contributed by atoms with E-state index in [9.17, 15) is 8.78 Å². The number of benzene rings is 1. The Morgan fingerprint density at radius 1 is 1.21 bits per heavy atom. The van der Waals surface area contributed by atoms with Gasteiger partial charge < -0.3 is 5.73 Å². The van der Waals surface area contributed by atoms with Gasteiger partial charge in [0.1, 0.15) is 11.6 Å². The number of hydrogen-bond donors (Lipinski definition) is 1. The van der Waals surface area contributed by atoms with Gasteiger partial charge in [-0.3, -0.25) is 4.98 Å². The lowest BCUT2D eigenvalue weighted by Crippen LogP contribution is -2.01. The van der Waals surface area contributed by atoms with Crippen LogP contribution in [0.5, 0.6) is 0 Å². The van der Waals surface area contributed by atoms with Gasteiger partial charge in [-0.25, -0.2) is 8.78 Å². The first-order chi connectivity index (χ1) is 6.72. The molecule has 1 heterocycles. The average molecular weight is 194 g/mol. The Balaban J connectivity index is 2.86. The second-order valence-corrected chi connectivity index (χ2v) is 2.94. The molecule has 2 nitrogen and oxygen atoms in total. The van der Waals surface area contributed by atoms with Gasteiger partial charge in [0.05, 0.1) is 5.69 Å². The quantitative estimate of drug-likeness (QED) is 0.753. The Morgan fingerprint density at radius 2 is 2.00 bits per heavy atom. The van der Waals surface area contributed by atoms with E-state index in [1.54, 1.807) is 0 Å². The van der Waals surface area contributed by atoms with Crippen LogP contribution in [0.4, 0.5) is 8.78 Å². The lowest BCUT2D eigenvalue weighted by atomic mass is 10.1. The van der Waals surface area contributed by atoms with E-state index in [0.717, 1.165) is 6.07 Å². The summed E-state index contributed by atoms with van der Waals surface area (Å²) < 4.78 is 26.2. The molecule has 0 aliphatic carbocycles. The Morgan fingerprint density at radius 3 is 2.71 bits per heavy atom. The van der Waals surface area contributed by atoms with Crippen molar-refractivity contribution in [1.82, 2.24) is 4.98 Å². The Bertz CT molecular complexity index is 483. The maximum absolute atomic E-state index is 13.3. The third kappa shape index (κ3) is 1.33. The average Bonchev–Trinajstić information content (AvgIpc) is 2.17. The zero-order valence-corrected chi connectivity index (χ0v) is 7.30. The van der Waals surface area contributed by atoms with Crippen molar-refractivity contribution >= 4 is 10.8 Å². The number of rotatable bonds is 1. The molecule has 2 rings (SSSR count). The van der Waals surface area contributed by atoms with Crippen molar-refractivity contribution in [2.75, 3.05) is 0 Å². The first-order valence-electron chi connectivity index (χ1n) is 4.15. The molecular formula is C10H8F2N2. The molecule has 14 heavy (non-hydrogen) atoms. The van der Waals surface area contributed by atoms with E-state index in [4.69, 9.17) is 5.73 Å². The fourth-order valence-electron chi connectivity index (χ4n) is 1.43.